The predicted molar refractivity (Wildman–Crippen MR) is 55.1 cm³/mol. The second-order valence-corrected chi connectivity index (χ2v) is 3.72. The summed E-state index contributed by atoms with van der Waals surface area (Å²) in [5.74, 6) is -0.196. The Morgan fingerprint density at radius 3 is 2.87 bits per heavy atom. The molecule has 0 aromatic rings. The van der Waals surface area contributed by atoms with Crippen molar-refractivity contribution in [1.82, 2.24) is 10.2 Å². The Kier molecular flexibility index (Phi) is 5.08. The van der Waals surface area contributed by atoms with Crippen LogP contribution in [0.4, 0.5) is 0 Å². The fourth-order valence-electron chi connectivity index (χ4n) is 1.61. The van der Waals surface area contributed by atoms with Gasteiger partial charge < -0.3 is 10.1 Å². The summed E-state index contributed by atoms with van der Waals surface area (Å²) < 4.78 is 5.23. The van der Waals surface area contributed by atoms with Gasteiger partial charge in [-0.15, -0.1) is 0 Å². The van der Waals surface area contributed by atoms with Gasteiger partial charge in [0.05, 0.1) is 19.3 Å². The van der Waals surface area contributed by atoms with E-state index in [1.165, 1.54) is 0 Å². The summed E-state index contributed by atoms with van der Waals surface area (Å²) in [7, 11) is 0. The Bertz CT molecular complexity index is 244. The molecule has 5 heteroatoms. The standard InChI is InChI=1S/C10H17N3O2/c1-9(12-10(14)2-3-11)8-13-4-6-15-7-5-13/h9H,2,4-8H2,1H3,(H,12,14). The van der Waals surface area contributed by atoms with E-state index in [0.29, 0.717) is 0 Å². The number of morpholine rings is 1. The molecule has 0 spiro atoms. The molecule has 84 valence electrons. The number of carbonyl (C=O) groups excluding carboxylic acids is 1. The number of hydrogen-bond acceptors (Lipinski definition) is 4. The molecule has 1 aliphatic rings. The van der Waals surface area contributed by atoms with Crippen LogP contribution < -0.4 is 5.32 Å². The van der Waals surface area contributed by atoms with Gasteiger partial charge in [0.15, 0.2) is 0 Å². The zero-order chi connectivity index (χ0) is 11.1. The average molecular weight is 211 g/mol. The molecule has 1 atom stereocenters. The lowest BCUT2D eigenvalue weighted by Gasteiger charge is -2.29. The number of carbonyl (C=O) groups is 1. The molecule has 5 nitrogen and oxygen atoms in total. The van der Waals surface area contributed by atoms with Crippen LogP contribution in [0.5, 0.6) is 0 Å². The van der Waals surface area contributed by atoms with E-state index < -0.39 is 0 Å². The summed E-state index contributed by atoms with van der Waals surface area (Å²) in [6.07, 6.45) is -0.0621. The lowest BCUT2D eigenvalue weighted by molar-refractivity contribution is -0.120. The summed E-state index contributed by atoms with van der Waals surface area (Å²) in [4.78, 5) is 13.4. The van der Waals surface area contributed by atoms with Crippen molar-refractivity contribution < 1.29 is 9.53 Å². The van der Waals surface area contributed by atoms with Gasteiger partial charge in [-0.05, 0) is 6.92 Å². The molecule has 1 saturated heterocycles. The smallest absolute Gasteiger partial charge is 0.234 e. The fraction of sp³-hybridized carbons (Fsp3) is 0.800. The topological polar surface area (TPSA) is 65.4 Å². The molecule has 0 aliphatic carbocycles. The van der Waals surface area contributed by atoms with Crippen molar-refractivity contribution in [2.24, 2.45) is 0 Å². The molecule has 1 N–H and O–H groups in total. The van der Waals surface area contributed by atoms with Crippen LogP contribution in [0.2, 0.25) is 0 Å². The lowest BCUT2D eigenvalue weighted by Crippen LogP contribution is -2.45. The van der Waals surface area contributed by atoms with Crippen LogP contribution in [0.3, 0.4) is 0 Å². The summed E-state index contributed by atoms with van der Waals surface area (Å²) in [5, 5.41) is 11.1. The zero-order valence-electron chi connectivity index (χ0n) is 9.03. The van der Waals surface area contributed by atoms with Gasteiger partial charge in [-0.1, -0.05) is 0 Å². The SMILES string of the molecule is CC(CN1CCOCC1)NC(=O)CC#N. The van der Waals surface area contributed by atoms with E-state index in [9.17, 15) is 4.79 Å². The van der Waals surface area contributed by atoms with Crippen molar-refractivity contribution in [3.63, 3.8) is 0 Å². The molecule has 0 saturated carbocycles. The molecule has 1 unspecified atom stereocenters. The molecule has 1 aliphatic heterocycles. The van der Waals surface area contributed by atoms with E-state index in [1.807, 2.05) is 13.0 Å². The van der Waals surface area contributed by atoms with Gasteiger partial charge in [0, 0.05) is 25.7 Å². The number of rotatable bonds is 4. The Morgan fingerprint density at radius 1 is 1.60 bits per heavy atom. The van der Waals surface area contributed by atoms with E-state index in [-0.39, 0.29) is 18.4 Å². The number of amides is 1. The molecule has 0 bridgehead atoms. The summed E-state index contributed by atoms with van der Waals surface area (Å²) in [5.41, 5.74) is 0. The number of hydrogen-bond donors (Lipinski definition) is 1. The Balaban J connectivity index is 2.19. The highest BCUT2D eigenvalue weighted by molar-refractivity contribution is 5.78. The maximum atomic E-state index is 11.1. The second-order valence-electron chi connectivity index (χ2n) is 3.72. The molecule has 1 amide bonds. The first kappa shape index (κ1) is 12.0. The minimum atomic E-state index is -0.196. The van der Waals surface area contributed by atoms with Gasteiger partial charge in [0.1, 0.15) is 6.42 Å². The van der Waals surface area contributed by atoms with Crippen LogP contribution in [0, 0.1) is 11.3 Å². The van der Waals surface area contributed by atoms with Gasteiger partial charge in [-0.2, -0.15) is 5.26 Å². The maximum absolute atomic E-state index is 11.1. The van der Waals surface area contributed by atoms with Crippen molar-refractivity contribution in [3.05, 3.63) is 0 Å². The van der Waals surface area contributed by atoms with E-state index in [1.54, 1.807) is 0 Å². The van der Waals surface area contributed by atoms with Gasteiger partial charge in [0.25, 0.3) is 0 Å². The molecule has 1 heterocycles. The monoisotopic (exact) mass is 211 g/mol. The molecular weight excluding hydrogens is 194 g/mol. The van der Waals surface area contributed by atoms with Gasteiger partial charge in [-0.25, -0.2) is 0 Å². The van der Waals surface area contributed by atoms with Crippen LogP contribution in [-0.2, 0) is 9.53 Å². The molecule has 0 aromatic carbocycles. The molecule has 0 radical (unpaired) electrons. The van der Waals surface area contributed by atoms with Crippen molar-refractivity contribution in [1.29, 1.82) is 5.26 Å². The van der Waals surface area contributed by atoms with E-state index in [2.05, 4.69) is 10.2 Å². The highest BCUT2D eigenvalue weighted by atomic mass is 16.5. The first-order valence-corrected chi connectivity index (χ1v) is 5.19. The molecular formula is C10H17N3O2. The van der Waals surface area contributed by atoms with Crippen LogP contribution in [0.25, 0.3) is 0 Å². The Labute approximate surface area is 90.0 Å². The van der Waals surface area contributed by atoms with Gasteiger partial charge >= 0.3 is 0 Å². The first-order chi connectivity index (χ1) is 7.22. The third kappa shape index (κ3) is 4.77. The number of nitrogens with zero attached hydrogens (tertiary/aromatic N) is 2. The largest absolute Gasteiger partial charge is 0.379 e. The summed E-state index contributed by atoms with van der Waals surface area (Å²) in [6.45, 7) is 6.12. The molecule has 1 rings (SSSR count). The van der Waals surface area contributed by atoms with Crippen LogP contribution in [-0.4, -0.2) is 49.7 Å². The zero-order valence-corrected chi connectivity index (χ0v) is 9.03. The van der Waals surface area contributed by atoms with Crippen LogP contribution in [0.1, 0.15) is 13.3 Å². The predicted octanol–water partition coefficient (Wildman–Crippen LogP) is -0.263. The van der Waals surface area contributed by atoms with Crippen molar-refractivity contribution in [3.8, 4) is 6.07 Å². The normalized spacial score (nSPS) is 19.2. The summed E-state index contributed by atoms with van der Waals surface area (Å²) in [6, 6.07) is 1.92. The minimum Gasteiger partial charge on any atom is -0.379 e. The van der Waals surface area contributed by atoms with E-state index in [0.717, 1.165) is 32.8 Å². The van der Waals surface area contributed by atoms with Gasteiger partial charge in [-0.3, -0.25) is 9.69 Å². The quantitative estimate of drug-likeness (QED) is 0.695. The summed E-state index contributed by atoms with van der Waals surface area (Å²) >= 11 is 0. The maximum Gasteiger partial charge on any atom is 0.234 e. The van der Waals surface area contributed by atoms with E-state index >= 15 is 0 Å². The number of nitrogens with one attached hydrogen (secondary N) is 1. The highest BCUT2D eigenvalue weighted by Crippen LogP contribution is 1.98. The number of nitriles is 1. The highest BCUT2D eigenvalue weighted by Gasteiger charge is 2.14. The molecule has 0 aromatic heterocycles. The van der Waals surface area contributed by atoms with Crippen molar-refractivity contribution in [2.45, 2.75) is 19.4 Å². The minimum absolute atomic E-state index is 0.0621. The molecule has 1 fully saturated rings. The fourth-order valence-corrected chi connectivity index (χ4v) is 1.61. The van der Waals surface area contributed by atoms with Crippen molar-refractivity contribution >= 4 is 5.91 Å². The van der Waals surface area contributed by atoms with Gasteiger partial charge in [0.2, 0.25) is 5.91 Å². The van der Waals surface area contributed by atoms with Crippen LogP contribution >= 0.6 is 0 Å². The third-order valence-electron chi connectivity index (χ3n) is 2.28. The van der Waals surface area contributed by atoms with Crippen LogP contribution in [0.15, 0.2) is 0 Å². The number of ether oxygens (including phenoxy) is 1. The Morgan fingerprint density at radius 2 is 2.27 bits per heavy atom. The lowest BCUT2D eigenvalue weighted by atomic mass is 10.2. The van der Waals surface area contributed by atoms with E-state index in [4.69, 9.17) is 10.00 Å². The van der Waals surface area contributed by atoms with Crippen molar-refractivity contribution in [2.75, 3.05) is 32.8 Å². The Hall–Kier alpha value is -1.12. The average Bonchev–Trinajstić information content (AvgIpc) is 2.19. The third-order valence-corrected chi connectivity index (χ3v) is 2.28. The second kappa shape index (κ2) is 6.38. The first-order valence-electron chi connectivity index (χ1n) is 5.19. The molecule has 15 heavy (non-hydrogen) atoms.